The lowest BCUT2D eigenvalue weighted by Gasteiger charge is -2.51. The molecule has 11 aromatic rings. The zero-order valence-corrected chi connectivity index (χ0v) is 71.1. The van der Waals surface area contributed by atoms with Crippen LogP contribution < -0.4 is 40.0 Å². The smallest absolute Gasteiger partial charge is 0.347 e. The third-order valence-electron chi connectivity index (χ3n) is 21.9. The molecule has 0 radical (unpaired) electrons. The Balaban J connectivity index is 0.000000133. The zero-order valence-electron chi connectivity index (χ0n) is 69.5. The number of anilines is 8. The fraction of sp³-hybridized carbons (Fsp3) is 0.245. The van der Waals surface area contributed by atoms with Gasteiger partial charge < -0.3 is 34.7 Å². The number of nitriles is 1. The normalized spacial score (nSPS) is 17.9. The number of amidine groups is 1. The molecule has 0 bridgehead atoms. The second-order valence-electron chi connectivity index (χ2n) is 31.5. The number of urea groups is 4. The molecule has 3 N–H and O–H groups in total. The number of rotatable bonds is 11. The van der Waals surface area contributed by atoms with Gasteiger partial charge in [-0.25, -0.2) is 33.8 Å². The molecule has 0 aliphatic carbocycles. The number of benzene rings is 11. The molecule has 23 heteroatoms. The van der Waals surface area contributed by atoms with E-state index in [2.05, 4.69) is 61.7 Å². The van der Waals surface area contributed by atoms with Crippen LogP contribution in [0.5, 0.6) is 0 Å². The van der Waals surface area contributed by atoms with Crippen LogP contribution in [0.4, 0.5) is 70.4 Å². The van der Waals surface area contributed by atoms with Crippen molar-refractivity contribution in [1.82, 2.24) is 0 Å². The van der Waals surface area contributed by atoms with E-state index in [1.54, 1.807) is 39.0 Å². The number of nitrogens with one attached hydrogen (secondary N) is 2. The maximum Gasteiger partial charge on any atom is 0.347 e. The van der Waals surface area contributed by atoms with Crippen LogP contribution in [-0.4, -0.2) is 122 Å². The molecule has 18 rings (SSSR count). The average molecular weight is 1680 g/mol. The summed E-state index contributed by atoms with van der Waals surface area (Å²) in [5, 5.41) is 27.4. The number of hydrogen-bond acceptors (Lipinski definition) is 14. The number of aliphatic hydroxyl groups is 1. The van der Waals surface area contributed by atoms with Gasteiger partial charge in [0.25, 0.3) is 5.91 Å². The molecule has 7 aliphatic rings. The summed E-state index contributed by atoms with van der Waals surface area (Å²) in [5.74, 6) is 0.140. The topological polar surface area (TPSA) is 252 Å². The predicted molar refractivity (Wildman–Crippen MR) is 478 cm³/mol. The fourth-order valence-electron chi connectivity index (χ4n) is 14.8. The summed E-state index contributed by atoms with van der Waals surface area (Å²) in [7, 11) is 0. The molecule has 11 aromatic carbocycles. The molecule has 1 atom stereocenters. The molecule has 7 fully saturated rings. The molecule has 9 amide bonds. The van der Waals surface area contributed by atoms with Crippen LogP contribution in [-0.2, 0) is 34.3 Å². The summed E-state index contributed by atoms with van der Waals surface area (Å²) in [5.41, 5.74) is 14.6. The minimum Gasteiger partial charge on any atom is -0.376 e. The van der Waals surface area contributed by atoms with Crippen LogP contribution in [0.25, 0.3) is 0 Å². The summed E-state index contributed by atoms with van der Waals surface area (Å²) in [6.45, 7) is 24.4. The lowest BCUT2D eigenvalue weighted by Crippen LogP contribution is -2.70. The number of carbonyl (C=O) groups excluding carboxylic acids is 6. The Hall–Kier alpha value is -13.0. The first-order valence-electron chi connectivity index (χ1n) is 39.7. The van der Waals surface area contributed by atoms with Crippen molar-refractivity contribution in [3.05, 3.63) is 338 Å². The van der Waals surface area contributed by atoms with Crippen LogP contribution in [0, 0.1) is 87.5 Å². The van der Waals surface area contributed by atoms with Gasteiger partial charge in [0, 0.05) is 44.2 Å². The Kier molecular flexibility index (Phi) is 26.0. The first-order chi connectivity index (χ1) is 58.1. The minimum atomic E-state index is -1.59. The molecular formula is C98H96BrN11O11. The van der Waals surface area contributed by atoms with Crippen molar-refractivity contribution < 1.29 is 52.8 Å². The van der Waals surface area contributed by atoms with Gasteiger partial charge in [-0.3, -0.25) is 24.4 Å². The number of amides is 9. The van der Waals surface area contributed by atoms with Gasteiger partial charge in [0.1, 0.15) is 5.54 Å². The van der Waals surface area contributed by atoms with E-state index in [4.69, 9.17) is 24.2 Å². The van der Waals surface area contributed by atoms with Crippen LogP contribution in [0.15, 0.2) is 281 Å². The van der Waals surface area contributed by atoms with Crippen molar-refractivity contribution in [3.8, 4) is 6.07 Å². The van der Waals surface area contributed by atoms with Crippen molar-refractivity contribution in [3.63, 3.8) is 0 Å². The van der Waals surface area contributed by atoms with Crippen molar-refractivity contribution >= 4 is 109 Å². The molecule has 22 nitrogen and oxygen atoms in total. The van der Waals surface area contributed by atoms with Gasteiger partial charge in [-0.05, 0) is 197 Å². The maximum absolute atomic E-state index is 14.0. The van der Waals surface area contributed by atoms with Crippen LogP contribution in [0.1, 0.15) is 66.8 Å². The lowest BCUT2D eigenvalue weighted by atomic mass is 9.78. The van der Waals surface area contributed by atoms with Gasteiger partial charge in [0.05, 0.1) is 76.0 Å². The quantitative estimate of drug-likeness (QED) is 0.0620. The number of imide groups is 1. The largest absolute Gasteiger partial charge is 0.376 e. The van der Waals surface area contributed by atoms with E-state index in [1.165, 1.54) is 31.9 Å². The van der Waals surface area contributed by atoms with Gasteiger partial charge in [0.2, 0.25) is 11.8 Å². The number of aliphatic imine (C=N–C) groups is 2. The number of carbonyl (C=O) groups is 5. The molecule has 3 spiro atoms. The molecule has 121 heavy (non-hydrogen) atoms. The SMILES string of the molecule is Cc1ccc(N2C(=O)N(c3ccc(C)cc3)C(O)(c3cccc(C)c3)C23COC3)cc1.Cc1ccc(N2C(=O)N(c3ccc(C)cc3)C3(COC3)C2=O)cc1.Cc1ccc(N=C=O)cc1.Cc1ccc(NC(=O)N=C2N(c3ccc(C)cc3)C(=O)N(c3ccc(C)cc3)C23COC3)cc1.Cc1ccc(NC2(C#N)COC2)cc1.Cc1cccc(Br)c1. The molecule has 7 heterocycles. The Morgan fingerprint density at radius 2 is 0.769 bits per heavy atom. The highest BCUT2D eigenvalue weighted by Gasteiger charge is 2.72. The first kappa shape index (κ1) is 85.9. The molecule has 0 aromatic heterocycles. The lowest BCUT2D eigenvalue weighted by molar-refractivity contribution is -0.153. The van der Waals surface area contributed by atoms with E-state index >= 15 is 0 Å². The number of halogens is 1. The number of hydrogen-bond donors (Lipinski definition) is 3. The van der Waals surface area contributed by atoms with E-state index in [-0.39, 0.29) is 63.6 Å². The van der Waals surface area contributed by atoms with Gasteiger partial charge in [-0.2, -0.15) is 15.2 Å². The van der Waals surface area contributed by atoms with Crippen molar-refractivity contribution in [2.45, 2.75) is 104 Å². The standard InChI is InChI=1S/C27H26N4O3.C26H26N2O3.C19H18N2O3.C11H12N2O.C8H7NO.C7H7Br/c1-18-4-10-21(11-5-18)28-25(32)29-24-27(16-34-17-27)31(23-14-8-20(3)9-15-23)26(33)30(24)22-12-6-19(2)7-13-22;1-18-7-11-22(12-8-18)27-24(29)28(23-13-9-19(2)10-14-23)26(30,25(27)16-31-17-25)21-6-4-5-20(3)15-21;1-13-3-7-15(8-4-13)20-17(22)19(11-24-12-19)21(18(20)23)16-9-5-14(2)6-10-16;1-9-2-4-10(5-3-9)13-11(6-12)7-14-8-11;1-7-2-4-8(5-3-7)9-6-10;1-6-3-2-4-7(8)5-6/h4-15H,16-17H2,1-3H3,(H,28,32);4-15,30H,16-17H2,1-3H3;3-10H,11-12H2,1-2H3;2-5,13H,7-8H2,1H3;2-5H,1H3;2-5H,1H3. The van der Waals surface area contributed by atoms with Crippen LogP contribution in [0.3, 0.4) is 0 Å². The van der Waals surface area contributed by atoms with Crippen molar-refractivity contribution in [2.75, 3.05) is 92.9 Å². The third kappa shape index (κ3) is 18.1. The molecule has 7 saturated heterocycles. The van der Waals surface area contributed by atoms with E-state index in [0.717, 1.165) is 77.3 Å². The Labute approximate surface area is 714 Å². The number of ether oxygens (including phenoxy) is 4. The molecule has 0 saturated carbocycles. The molecule has 7 aliphatic heterocycles. The Morgan fingerprint density at radius 3 is 1.14 bits per heavy atom. The van der Waals surface area contributed by atoms with E-state index in [9.17, 15) is 33.9 Å². The highest BCUT2D eigenvalue weighted by Crippen LogP contribution is 2.54. The summed E-state index contributed by atoms with van der Waals surface area (Å²) in [6.07, 6.45) is 1.48. The maximum atomic E-state index is 14.0. The highest BCUT2D eigenvalue weighted by atomic mass is 79.9. The number of aryl methyl sites for hydroxylation is 11. The minimum absolute atomic E-state index is 0.219. The van der Waals surface area contributed by atoms with Crippen LogP contribution >= 0.6 is 15.9 Å². The van der Waals surface area contributed by atoms with Gasteiger partial charge in [-0.15, -0.1) is 0 Å². The molecule has 616 valence electrons. The van der Waals surface area contributed by atoms with E-state index in [1.807, 2.05) is 300 Å². The monoisotopic (exact) mass is 1680 g/mol. The van der Waals surface area contributed by atoms with Crippen LogP contribution in [0.2, 0.25) is 0 Å². The fourth-order valence-corrected chi connectivity index (χ4v) is 15.3. The predicted octanol–water partition coefficient (Wildman–Crippen LogP) is 19.6. The Bertz CT molecular complexity index is 5670. The van der Waals surface area contributed by atoms with Gasteiger partial charge >= 0.3 is 24.1 Å². The first-order valence-corrected chi connectivity index (χ1v) is 40.5. The second-order valence-corrected chi connectivity index (χ2v) is 32.5. The second kappa shape index (κ2) is 36.7. The summed E-state index contributed by atoms with van der Waals surface area (Å²) >= 11 is 3.36. The Morgan fingerprint density at radius 1 is 0.405 bits per heavy atom. The van der Waals surface area contributed by atoms with Gasteiger partial charge in [-0.1, -0.05) is 223 Å². The van der Waals surface area contributed by atoms with E-state index < -0.39 is 33.9 Å². The summed E-state index contributed by atoms with van der Waals surface area (Å²) < 4.78 is 22.8. The average Bonchev–Trinajstić information content (AvgIpc) is 1.52. The number of isocyanates is 1. The van der Waals surface area contributed by atoms with Crippen molar-refractivity contribution in [1.29, 1.82) is 5.26 Å². The molecular weight excluding hydrogens is 1590 g/mol. The molecule has 1 unspecified atom stereocenters. The zero-order chi connectivity index (χ0) is 86.0. The number of nitrogens with zero attached hydrogens (tertiary/aromatic N) is 9. The summed E-state index contributed by atoms with van der Waals surface area (Å²) in [4.78, 5) is 93.9. The highest BCUT2D eigenvalue weighted by molar-refractivity contribution is 9.10. The van der Waals surface area contributed by atoms with E-state index in [0.29, 0.717) is 53.0 Å². The van der Waals surface area contributed by atoms with Crippen molar-refractivity contribution in [2.24, 2.45) is 9.98 Å². The van der Waals surface area contributed by atoms with Gasteiger partial charge in [0.15, 0.2) is 22.5 Å². The summed E-state index contributed by atoms with van der Waals surface area (Å²) in [6, 6.07) is 85.5. The third-order valence-corrected chi connectivity index (χ3v) is 22.4.